The molecule has 0 aliphatic rings. The summed E-state index contributed by atoms with van der Waals surface area (Å²) >= 11 is 2.57. The highest BCUT2D eigenvalue weighted by Crippen LogP contribution is 2.19. The maximum Gasteiger partial charge on any atom is 0.00296 e. The van der Waals surface area contributed by atoms with E-state index in [2.05, 4.69) is 114 Å². The number of alkyl halides is 1. The van der Waals surface area contributed by atoms with E-state index in [1.54, 1.807) is 11.1 Å². The Morgan fingerprint density at radius 1 is 0.485 bits per heavy atom. The molecule has 0 saturated carbocycles. The van der Waals surface area contributed by atoms with Gasteiger partial charge in [0.1, 0.15) is 0 Å². The van der Waals surface area contributed by atoms with Crippen molar-refractivity contribution in [1.82, 2.24) is 0 Å². The molecule has 0 aromatic carbocycles. The average molecular weight is 565 g/mol. The molecule has 33 heavy (non-hydrogen) atoms. The Labute approximate surface area is 221 Å². The quantitative estimate of drug-likeness (QED) is 0.0936. The van der Waals surface area contributed by atoms with Crippen LogP contribution in [0.4, 0.5) is 0 Å². The maximum absolute atomic E-state index is 2.57. The van der Waals surface area contributed by atoms with E-state index in [-0.39, 0.29) is 0 Å². The molecule has 0 aromatic rings. The van der Waals surface area contributed by atoms with E-state index in [9.17, 15) is 0 Å². The Morgan fingerprint density at radius 3 is 1.09 bits per heavy atom. The van der Waals surface area contributed by atoms with Crippen molar-refractivity contribution in [3.8, 4) is 0 Å². The monoisotopic (exact) mass is 564 g/mol. The Bertz CT molecular complexity index is 641. The first kappa shape index (κ1) is 32.2. The Balaban J connectivity index is 4.33. The first-order valence-corrected chi connectivity index (χ1v) is 14.6. The van der Waals surface area contributed by atoms with E-state index in [4.69, 9.17) is 0 Å². The summed E-state index contributed by atoms with van der Waals surface area (Å²) in [5.74, 6) is 0.762. The first-order valence-electron chi connectivity index (χ1n) is 13.1. The van der Waals surface area contributed by atoms with Gasteiger partial charge in [0.25, 0.3) is 0 Å². The molecule has 0 rings (SSSR count). The highest BCUT2D eigenvalue weighted by Gasteiger charge is 2.04. The summed E-state index contributed by atoms with van der Waals surface area (Å²) in [6, 6.07) is 0. The van der Waals surface area contributed by atoms with Gasteiger partial charge in [-0.1, -0.05) is 92.5 Å². The summed E-state index contributed by atoms with van der Waals surface area (Å²) in [5.41, 5.74) is 9.01. The van der Waals surface area contributed by atoms with Crippen molar-refractivity contribution in [2.24, 2.45) is 5.92 Å². The van der Waals surface area contributed by atoms with Crippen molar-refractivity contribution in [2.75, 3.05) is 4.43 Å². The van der Waals surface area contributed by atoms with Crippen LogP contribution in [0.3, 0.4) is 0 Å². The molecule has 0 aromatic heterocycles. The zero-order valence-corrected chi connectivity index (χ0v) is 25.4. The molecule has 0 amide bonds. The summed E-state index contributed by atoms with van der Waals surface area (Å²) in [5, 5.41) is 0. The topological polar surface area (TPSA) is 0 Å². The van der Waals surface area contributed by atoms with Crippen LogP contribution in [0.15, 0.2) is 69.9 Å². The Kier molecular flexibility index (Phi) is 20.0. The Morgan fingerprint density at radius 2 is 0.788 bits per heavy atom. The van der Waals surface area contributed by atoms with E-state index in [0.29, 0.717) is 0 Å². The lowest BCUT2D eigenvalue weighted by Crippen LogP contribution is -1.99. The zero-order valence-electron chi connectivity index (χ0n) is 23.2. The molecule has 188 valence electrons. The van der Waals surface area contributed by atoms with E-state index in [0.717, 1.165) is 5.92 Å². The Hall–Kier alpha value is -0.830. The van der Waals surface area contributed by atoms with Gasteiger partial charge < -0.3 is 0 Å². The fourth-order valence-corrected chi connectivity index (χ4v) is 4.35. The van der Waals surface area contributed by atoms with Gasteiger partial charge in [0, 0.05) is 4.43 Å². The predicted octanol–water partition coefficient (Wildman–Crippen LogP) is 11.7. The third kappa shape index (κ3) is 21.4. The lowest BCUT2D eigenvalue weighted by molar-refractivity contribution is 0.616. The van der Waals surface area contributed by atoms with Gasteiger partial charge in [-0.05, 0) is 126 Å². The molecule has 0 unspecified atom stereocenters. The number of halogens is 1. The minimum Gasteiger partial charge on any atom is -0.0861 e. The van der Waals surface area contributed by atoms with Gasteiger partial charge in [-0.3, -0.25) is 0 Å². The molecule has 0 aliphatic carbocycles. The van der Waals surface area contributed by atoms with E-state index in [1.165, 1.54) is 90.9 Å². The van der Waals surface area contributed by atoms with Crippen molar-refractivity contribution in [1.29, 1.82) is 0 Å². The molecule has 1 heteroatoms. The van der Waals surface area contributed by atoms with Crippen molar-refractivity contribution < 1.29 is 0 Å². The van der Waals surface area contributed by atoms with Crippen molar-refractivity contribution >= 4 is 22.6 Å². The molecule has 0 heterocycles. The third-order valence-electron chi connectivity index (χ3n) is 6.06. The lowest BCUT2D eigenvalue weighted by Gasteiger charge is -2.11. The van der Waals surface area contributed by atoms with Crippen LogP contribution < -0.4 is 0 Å². The molecule has 0 saturated heterocycles. The van der Waals surface area contributed by atoms with Crippen LogP contribution in [0.5, 0.6) is 0 Å². The number of rotatable bonds is 17. The van der Waals surface area contributed by atoms with Gasteiger partial charge in [0.15, 0.2) is 0 Å². The standard InChI is InChI=1S/C32H53I/c1-26(2)13-9-15-28(5)17-11-19-30(7)21-23-32(25-33)24-22-31(8)20-12-18-29(6)16-10-14-27(3)4/h13-14,17-18,21-22,32H,9-12,15-16,19-20,23-25H2,1-8H3/b28-17+,29-18+,30-21+,31-22+. The van der Waals surface area contributed by atoms with Gasteiger partial charge in [0.05, 0.1) is 0 Å². The van der Waals surface area contributed by atoms with Crippen LogP contribution in [-0.4, -0.2) is 4.43 Å². The molecular formula is C32H53I. The molecule has 0 nitrogen and oxygen atoms in total. The maximum atomic E-state index is 2.57. The number of hydrogen-bond donors (Lipinski definition) is 0. The second-order valence-corrected chi connectivity index (χ2v) is 11.3. The second-order valence-electron chi connectivity index (χ2n) is 10.4. The third-order valence-corrected chi connectivity index (χ3v) is 7.31. The fraction of sp³-hybridized carbons (Fsp3) is 0.625. The van der Waals surface area contributed by atoms with Crippen LogP contribution in [-0.2, 0) is 0 Å². The van der Waals surface area contributed by atoms with Gasteiger partial charge in [-0.25, -0.2) is 0 Å². The summed E-state index contributed by atoms with van der Waals surface area (Å²) in [6.07, 6.45) is 26.5. The van der Waals surface area contributed by atoms with Crippen molar-refractivity contribution in [2.45, 2.75) is 120 Å². The van der Waals surface area contributed by atoms with Crippen molar-refractivity contribution in [3.05, 3.63) is 69.9 Å². The van der Waals surface area contributed by atoms with Gasteiger partial charge in [-0.2, -0.15) is 0 Å². The second kappa shape index (κ2) is 20.5. The summed E-state index contributed by atoms with van der Waals surface area (Å²) in [7, 11) is 0. The van der Waals surface area contributed by atoms with Crippen molar-refractivity contribution in [3.63, 3.8) is 0 Å². The minimum atomic E-state index is 0.762. The lowest BCUT2D eigenvalue weighted by atomic mass is 9.98. The van der Waals surface area contributed by atoms with Crippen LogP contribution in [0.2, 0.25) is 0 Å². The van der Waals surface area contributed by atoms with Gasteiger partial charge >= 0.3 is 0 Å². The van der Waals surface area contributed by atoms with E-state index < -0.39 is 0 Å². The van der Waals surface area contributed by atoms with E-state index >= 15 is 0 Å². The summed E-state index contributed by atoms with van der Waals surface area (Å²) in [6.45, 7) is 17.9. The molecular weight excluding hydrogens is 511 g/mol. The largest absolute Gasteiger partial charge is 0.0861 e. The highest BCUT2D eigenvalue weighted by atomic mass is 127. The molecule has 0 radical (unpaired) electrons. The van der Waals surface area contributed by atoms with Gasteiger partial charge in [-0.15, -0.1) is 0 Å². The summed E-state index contributed by atoms with van der Waals surface area (Å²) < 4.78 is 1.23. The first-order chi connectivity index (χ1) is 15.6. The normalized spacial score (nSPS) is 14.3. The molecule has 0 atom stereocenters. The number of allylic oxidation sites excluding steroid dienone is 12. The molecule has 0 N–H and O–H groups in total. The predicted molar refractivity (Wildman–Crippen MR) is 162 cm³/mol. The summed E-state index contributed by atoms with van der Waals surface area (Å²) in [4.78, 5) is 0. The SMILES string of the molecule is CC(C)=CCC/C(C)=C/CC/C(C)=C/CC(CI)C/C=C(\C)CC/C=C(\C)CCC=C(C)C. The molecule has 0 bridgehead atoms. The van der Waals surface area contributed by atoms with Crippen LogP contribution in [0.1, 0.15) is 120 Å². The zero-order chi connectivity index (χ0) is 25.1. The molecule has 0 aliphatic heterocycles. The molecule has 0 fully saturated rings. The fourth-order valence-electron chi connectivity index (χ4n) is 3.64. The van der Waals surface area contributed by atoms with Crippen LogP contribution in [0, 0.1) is 5.92 Å². The van der Waals surface area contributed by atoms with E-state index in [1.807, 2.05) is 0 Å². The average Bonchev–Trinajstić information content (AvgIpc) is 2.73. The van der Waals surface area contributed by atoms with Crippen LogP contribution >= 0.6 is 22.6 Å². The smallest absolute Gasteiger partial charge is 0.00296 e. The van der Waals surface area contributed by atoms with Gasteiger partial charge in [0.2, 0.25) is 0 Å². The number of hydrogen-bond acceptors (Lipinski definition) is 0. The highest BCUT2D eigenvalue weighted by molar-refractivity contribution is 14.1. The van der Waals surface area contributed by atoms with Crippen LogP contribution in [0.25, 0.3) is 0 Å². The minimum absolute atomic E-state index is 0.762. The molecule has 0 spiro atoms.